The Morgan fingerprint density at radius 3 is 2.94 bits per heavy atom. The van der Waals surface area contributed by atoms with Crippen LogP contribution in [0.15, 0.2) is 0 Å². The van der Waals surface area contributed by atoms with Crippen LogP contribution in [0.3, 0.4) is 0 Å². The topological polar surface area (TPSA) is 38.8 Å². The van der Waals surface area contributed by atoms with Gasteiger partial charge in [-0.2, -0.15) is 0 Å². The lowest BCUT2D eigenvalue weighted by Gasteiger charge is -2.45. The molecule has 0 bridgehead atoms. The summed E-state index contributed by atoms with van der Waals surface area (Å²) in [5, 5.41) is 0. The van der Waals surface area contributed by atoms with Gasteiger partial charge in [0.1, 0.15) is 6.29 Å². The van der Waals surface area contributed by atoms with E-state index in [9.17, 15) is 4.79 Å². The van der Waals surface area contributed by atoms with Crippen LogP contribution in [0.5, 0.6) is 0 Å². The molecular weight excluding hydrogens is 230 g/mol. The molecule has 4 heteroatoms. The van der Waals surface area contributed by atoms with E-state index in [0.29, 0.717) is 6.04 Å². The SMILES string of the molecule is O=CC1CCCCN1C1CCOC2(CCOC2)C1. The lowest BCUT2D eigenvalue weighted by Crippen LogP contribution is -2.54. The van der Waals surface area contributed by atoms with Gasteiger partial charge < -0.3 is 14.3 Å². The van der Waals surface area contributed by atoms with Gasteiger partial charge in [0, 0.05) is 25.7 Å². The number of nitrogens with zero attached hydrogens (tertiary/aromatic N) is 1. The van der Waals surface area contributed by atoms with E-state index >= 15 is 0 Å². The van der Waals surface area contributed by atoms with Crippen LogP contribution in [0.4, 0.5) is 0 Å². The molecule has 3 atom stereocenters. The Morgan fingerprint density at radius 2 is 2.17 bits per heavy atom. The number of hydrogen-bond donors (Lipinski definition) is 0. The second kappa shape index (κ2) is 5.27. The largest absolute Gasteiger partial charge is 0.378 e. The first-order chi connectivity index (χ1) is 8.83. The van der Waals surface area contributed by atoms with E-state index in [0.717, 1.165) is 58.3 Å². The predicted molar refractivity (Wildman–Crippen MR) is 67.6 cm³/mol. The summed E-state index contributed by atoms with van der Waals surface area (Å²) in [5.41, 5.74) is -0.0478. The van der Waals surface area contributed by atoms with E-state index in [1.165, 1.54) is 12.8 Å². The van der Waals surface area contributed by atoms with Gasteiger partial charge >= 0.3 is 0 Å². The van der Waals surface area contributed by atoms with E-state index in [1.807, 2.05) is 0 Å². The highest BCUT2D eigenvalue weighted by atomic mass is 16.6. The van der Waals surface area contributed by atoms with Crippen molar-refractivity contribution in [2.24, 2.45) is 0 Å². The van der Waals surface area contributed by atoms with E-state index in [2.05, 4.69) is 4.90 Å². The van der Waals surface area contributed by atoms with Gasteiger partial charge in [-0.05, 0) is 32.2 Å². The first kappa shape index (κ1) is 12.6. The Hall–Kier alpha value is -0.450. The molecule has 0 aliphatic carbocycles. The molecule has 0 amide bonds. The van der Waals surface area contributed by atoms with Gasteiger partial charge in [-0.25, -0.2) is 0 Å². The third kappa shape index (κ3) is 2.33. The maximum absolute atomic E-state index is 11.2. The molecule has 0 saturated carbocycles. The number of aldehydes is 1. The van der Waals surface area contributed by atoms with Crippen molar-refractivity contribution in [1.29, 1.82) is 0 Å². The summed E-state index contributed by atoms with van der Waals surface area (Å²) in [6, 6.07) is 0.650. The van der Waals surface area contributed by atoms with Crippen molar-refractivity contribution >= 4 is 6.29 Å². The standard InChI is InChI=1S/C14H23NO3/c16-10-13-3-1-2-6-15(13)12-4-7-18-14(9-12)5-8-17-11-14/h10,12-13H,1-9,11H2. The summed E-state index contributed by atoms with van der Waals surface area (Å²) in [7, 11) is 0. The zero-order valence-electron chi connectivity index (χ0n) is 11.0. The Bertz CT molecular complexity index is 301. The molecule has 3 aliphatic heterocycles. The number of rotatable bonds is 2. The summed E-state index contributed by atoms with van der Waals surface area (Å²) >= 11 is 0. The number of piperidine rings is 1. The molecule has 3 saturated heterocycles. The smallest absolute Gasteiger partial charge is 0.137 e. The van der Waals surface area contributed by atoms with Crippen molar-refractivity contribution in [3.8, 4) is 0 Å². The normalized spacial score (nSPS) is 42.2. The molecule has 102 valence electrons. The van der Waals surface area contributed by atoms with Crippen LogP contribution in [-0.4, -0.2) is 55.2 Å². The fraction of sp³-hybridized carbons (Fsp3) is 0.929. The zero-order valence-corrected chi connectivity index (χ0v) is 11.0. The predicted octanol–water partition coefficient (Wildman–Crippen LogP) is 1.38. The van der Waals surface area contributed by atoms with E-state index in [-0.39, 0.29) is 11.6 Å². The minimum atomic E-state index is -0.0478. The Kier molecular flexibility index (Phi) is 3.68. The summed E-state index contributed by atoms with van der Waals surface area (Å²) in [6.45, 7) is 3.45. The fourth-order valence-corrected chi connectivity index (χ4v) is 3.73. The maximum Gasteiger partial charge on any atom is 0.137 e. The molecule has 18 heavy (non-hydrogen) atoms. The Balaban J connectivity index is 1.68. The highest BCUT2D eigenvalue weighted by Gasteiger charge is 2.43. The third-order valence-corrected chi connectivity index (χ3v) is 4.75. The molecule has 0 aromatic heterocycles. The summed E-state index contributed by atoms with van der Waals surface area (Å²) in [6.07, 6.45) is 7.71. The van der Waals surface area contributed by atoms with Crippen LogP contribution < -0.4 is 0 Å². The van der Waals surface area contributed by atoms with Crippen LogP contribution in [0, 0.1) is 0 Å². The molecule has 0 aromatic carbocycles. The van der Waals surface area contributed by atoms with Crippen molar-refractivity contribution in [2.75, 3.05) is 26.4 Å². The number of hydrogen-bond acceptors (Lipinski definition) is 4. The first-order valence-corrected chi connectivity index (χ1v) is 7.26. The minimum absolute atomic E-state index is 0.0478. The number of carbonyl (C=O) groups is 1. The minimum Gasteiger partial charge on any atom is -0.378 e. The Labute approximate surface area is 109 Å². The molecule has 0 N–H and O–H groups in total. The molecule has 3 rings (SSSR count). The summed E-state index contributed by atoms with van der Waals surface area (Å²) in [5.74, 6) is 0. The molecule has 3 fully saturated rings. The van der Waals surface area contributed by atoms with Crippen LogP contribution in [-0.2, 0) is 14.3 Å². The van der Waals surface area contributed by atoms with Gasteiger partial charge in [0.2, 0.25) is 0 Å². The van der Waals surface area contributed by atoms with Crippen molar-refractivity contribution in [1.82, 2.24) is 4.90 Å². The lowest BCUT2D eigenvalue weighted by atomic mass is 9.87. The second-order valence-electron chi connectivity index (χ2n) is 5.92. The zero-order chi connectivity index (χ0) is 12.4. The van der Waals surface area contributed by atoms with Crippen molar-refractivity contribution < 1.29 is 14.3 Å². The summed E-state index contributed by atoms with van der Waals surface area (Å²) < 4.78 is 11.5. The van der Waals surface area contributed by atoms with Gasteiger partial charge in [-0.15, -0.1) is 0 Å². The van der Waals surface area contributed by atoms with Gasteiger partial charge in [0.05, 0.1) is 18.2 Å². The summed E-state index contributed by atoms with van der Waals surface area (Å²) in [4.78, 5) is 13.7. The highest BCUT2D eigenvalue weighted by Crippen LogP contribution is 2.36. The van der Waals surface area contributed by atoms with Crippen molar-refractivity contribution in [3.05, 3.63) is 0 Å². The quantitative estimate of drug-likeness (QED) is 0.697. The van der Waals surface area contributed by atoms with Crippen LogP contribution in [0.1, 0.15) is 38.5 Å². The van der Waals surface area contributed by atoms with E-state index in [4.69, 9.17) is 9.47 Å². The molecule has 3 aliphatic rings. The first-order valence-electron chi connectivity index (χ1n) is 7.26. The van der Waals surface area contributed by atoms with Gasteiger partial charge in [0.15, 0.2) is 0 Å². The number of carbonyl (C=O) groups excluding carboxylic acids is 1. The lowest BCUT2D eigenvalue weighted by molar-refractivity contribution is -0.126. The maximum atomic E-state index is 11.2. The van der Waals surface area contributed by atoms with Crippen molar-refractivity contribution in [2.45, 2.75) is 56.2 Å². The van der Waals surface area contributed by atoms with Gasteiger partial charge in [-0.3, -0.25) is 4.90 Å². The van der Waals surface area contributed by atoms with Gasteiger partial charge in [-0.1, -0.05) is 6.42 Å². The molecular formula is C14H23NO3. The van der Waals surface area contributed by atoms with Crippen LogP contribution in [0.2, 0.25) is 0 Å². The van der Waals surface area contributed by atoms with E-state index < -0.39 is 0 Å². The third-order valence-electron chi connectivity index (χ3n) is 4.75. The average Bonchev–Trinajstić information content (AvgIpc) is 2.86. The number of likely N-dealkylation sites (tertiary alicyclic amines) is 1. The second-order valence-corrected chi connectivity index (χ2v) is 5.92. The molecule has 1 spiro atoms. The van der Waals surface area contributed by atoms with Crippen LogP contribution >= 0.6 is 0 Å². The molecule has 0 radical (unpaired) electrons. The molecule has 4 nitrogen and oxygen atoms in total. The number of ether oxygens (including phenoxy) is 2. The fourth-order valence-electron chi connectivity index (χ4n) is 3.73. The Morgan fingerprint density at radius 1 is 1.22 bits per heavy atom. The molecule has 0 aromatic rings. The van der Waals surface area contributed by atoms with Crippen LogP contribution in [0.25, 0.3) is 0 Å². The molecule has 3 heterocycles. The average molecular weight is 253 g/mol. The monoisotopic (exact) mass is 253 g/mol. The highest BCUT2D eigenvalue weighted by molar-refractivity contribution is 5.57. The van der Waals surface area contributed by atoms with E-state index in [1.54, 1.807) is 0 Å². The van der Waals surface area contributed by atoms with Gasteiger partial charge in [0.25, 0.3) is 0 Å². The molecule has 3 unspecified atom stereocenters. The van der Waals surface area contributed by atoms with Crippen molar-refractivity contribution in [3.63, 3.8) is 0 Å².